The molecule has 11 aromatic rings. The van der Waals surface area contributed by atoms with E-state index in [2.05, 4.69) is 81.0 Å². The average molecular weight is 1070 g/mol. The molecule has 0 bridgehead atoms. The number of hydrogen-bond acceptors (Lipinski definition) is 16. The fourth-order valence-corrected chi connectivity index (χ4v) is 5.97. The fourth-order valence-electron chi connectivity index (χ4n) is 5.97. The van der Waals surface area contributed by atoms with Crippen LogP contribution in [0.2, 0.25) is 0 Å². The third-order valence-electron chi connectivity index (χ3n) is 9.62. The minimum absolute atomic E-state index is 0.463. The number of nitrogen functional groups attached to an aromatic ring is 4. The van der Waals surface area contributed by atoms with Gasteiger partial charge in [0.1, 0.15) is 23.3 Å². The second-order valence-corrected chi connectivity index (χ2v) is 17.2. The van der Waals surface area contributed by atoms with Crippen molar-refractivity contribution in [2.24, 2.45) is 0 Å². The maximum atomic E-state index is 5.32. The summed E-state index contributed by atoms with van der Waals surface area (Å²) in [6.07, 6.45) is 17.4. The van der Waals surface area contributed by atoms with E-state index in [4.69, 9.17) is 22.9 Å². The second kappa shape index (κ2) is 41.0. The molecule has 8 N–H and O–H groups in total. The van der Waals surface area contributed by atoms with Crippen LogP contribution in [0.4, 0.5) is 34.6 Å². The van der Waals surface area contributed by atoms with Crippen LogP contribution in [0.5, 0.6) is 0 Å². The summed E-state index contributed by atoms with van der Waals surface area (Å²) in [5.74, 6) is 2.50. The first-order chi connectivity index (χ1) is 38.5. The van der Waals surface area contributed by atoms with E-state index in [1.54, 1.807) is 92.2 Å². The van der Waals surface area contributed by atoms with E-state index < -0.39 is 0 Å². The van der Waals surface area contributed by atoms with Gasteiger partial charge in [-0.15, -0.1) is 0 Å². The molecule has 11 rings (SSSR count). The molecule has 10 aromatic heterocycles. The lowest BCUT2D eigenvalue weighted by molar-refractivity contribution is 1.07. The molecular weight excluding hydrogens is 993 g/mol. The molecule has 0 fully saturated rings. The SMILES string of the molecule is CN(C)c1ccccn1.CN(C)c1ccncc1.Cc1cc(C)nc(C)c1.Cc1cccc(C)n1.Cc1ccccn1.Nc1cccc(N)n1.Nc1ccccn1.Nc1ccncc1.c1ccc2ncccc2c1.c1ccncc1. The monoisotopic (exact) mass is 1070 g/mol. The third kappa shape index (κ3) is 34.4. The molecule has 1 aromatic carbocycles. The van der Waals surface area contributed by atoms with Gasteiger partial charge in [0.2, 0.25) is 0 Å². The molecule has 0 saturated heterocycles. The highest BCUT2D eigenvalue weighted by Gasteiger charge is 1.92. The number of nitrogens with two attached hydrogens (primary N) is 4. The van der Waals surface area contributed by atoms with Crippen molar-refractivity contribution >= 4 is 45.5 Å². The zero-order chi connectivity index (χ0) is 58.6. The molecule has 0 atom stereocenters. The van der Waals surface area contributed by atoms with Gasteiger partial charge in [-0.3, -0.25) is 34.9 Å². The summed E-state index contributed by atoms with van der Waals surface area (Å²) in [5.41, 5.74) is 30.9. The number of rotatable bonds is 2. The summed E-state index contributed by atoms with van der Waals surface area (Å²) in [7, 11) is 7.97. The summed E-state index contributed by atoms with van der Waals surface area (Å²) in [5, 5.41) is 1.20. The third-order valence-corrected chi connectivity index (χ3v) is 9.62. The quantitative estimate of drug-likeness (QED) is 0.126. The van der Waals surface area contributed by atoms with Crippen molar-refractivity contribution < 1.29 is 0 Å². The standard InChI is InChI=1S/C9H7N.C8H11N.2C7H10N2.C7H9N.C6H7N.C5H7N3.2C5H6N2.C5H5N/c1-2-6-9-8(4-1)5-3-7-10-9;1-6-4-7(2)9-8(3)5-6;1-9(2)7-3-5-8-6-4-7;1-9(2)7-5-3-4-6-8-7;1-6-4-3-5-7(2)8-6;1-6-4-2-3-5-7-6;6-4-2-1-3-5(7)8-4;6-5-1-3-7-4-2-5;6-5-3-1-2-4-7-5;1-2-4-6-5-3-1/h1-7H;4-5H,1-3H3;2*3-6H,1-2H3;3-5H,1-2H3;2-5H,1H3;1-3H,(H4,6,7,8);2*1-4H,(H2,6,7);1-5H. The smallest absolute Gasteiger partial charge is 0.127 e. The maximum absolute atomic E-state index is 5.32. The van der Waals surface area contributed by atoms with Crippen LogP contribution in [0.15, 0.2) is 244 Å². The highest BCUT2D eigenvalue weighted by molar-refractivity contribution is 5.77. The number of para-hydroxylation sites is 1. The Labute approximate surface area is 473 Å². The van der Waals surface area contributed by atoms with Gasteiger partial charge in [0.15, 0.2) is 0 Å². The molecule has 414 valence electrons. The lowest BCUT2D eigenvalue weighted by atomic mass is 10.2. The Morgan fingerprint density at radius 2 is 0.762 bits per heavy atom. The predicted molar refractivity (Wildman–Crippen MR) is 335 cm³/mol. The summed E-state index contributed by atoms with van der Waals surface area (Å²) < 4.78 is 0. The summed E-state index contributed by atoms with van der Waals surface area (Å²) in [6.45, 7) is 12.1. The average Bonchev–Trinajstić information content (AvgIpc) is 3.46. The number of aryl methyl sites for hydroxylation is 6. The molecule has 0 aliphatic carbocycles. The fraction of sp³-hybridized carbons (Fsp3) is 0.156. The van der Waals surface area contributed by atoms with Gasteiger partial charge in [-0.25, -0.2) is 15.0 Å². The van der Waals surface area contributed by atoms with Crippen molar-refractivity contribution in [3.63, 3.8) is 0 Å². The van der Waals surface area contributed by atoms with Crippen LogP contribution >= 0.6 is 0 Å². The Bertz CT molecular complexity index is 2860. The van der Waals surface area contributed by atoms with Crippen LogP contribution in [-0.2, 0) is 0 Å². The summed E-state index contributed by atoms with van der Waals surface area (Å²) in [6, 6.07) is 57.7. The first kappa shape index (κ1) is 65.9. The topological polar surface area (TPSA) is 239 Å². The molecule has 0 aliphatic heterocycles. The molecule has 16 nitrogen and oxygen atoms in total. The highest BCUT2D eigenvalue weighted by Crippen LogP contribution is 2.09. The van der Waals surface area contributed by atoms with Crippen molar-refractivity contribution in [2.75, 3.05) is 60.9 Å². The zero-order valence-corrected chi connectivity index (χ0v) is 47.8. The van der Waals surface area contributed by atoms with Crippen molar-refractivity contribution in [3.8, 4) is 0 Å². The number of pyridine rings is 10. The first-order valence-electron chi connectivity index (χ1n) is 25.3. The molecule has 10 heterocycles. The van der Waals surface area contributed by atoms with Crippen LogP contribution in [0, 0.1) is 41.5 Å². The van der Waals surface area contributed by atoms with Crippen molar-refractivity contribution in [1.82, 2.24) is 49.8 Å². The molecule has 0 spiro atoms. The van der Waals surface area contributed by atoms with Crippen LogP contribution in [-0.4, -0.2) is 78.0 Å². The number of aromatic nitrogens is 10. The van der Waals surface area contributed by atoms with E-state index in [1.165, 1.54) is 16.6 Å². The predicted octanol–water partition coefficient (Wildman–Crippen LogP) is 12.3. The number of fused-ring (bicyclic) bond motifs is 1. The second-order valence-electron chi connectivity index (χ2n) is 17.2. The van der Waals surface area contributed by atoms with Gasteiger partial charge in [-0.2, -0.15) is 0 Å². The van der Waals surface area contributed by atoms with E-state index >= 15 is 0 Å². The first-order valence-corrected chi connectivity index (χ1v) is 25.3. The summed E-state index contributed by atoms with van der Waals surface area (Å²) >= 11 is 0. The van der Waals surface area contributed by atoms with Gasteiger partial charge in [0, 0.05) is 135 Å². The molecule has 0 radical (unpaired) electrons. The lowest BCUT2D eigenvalue weighted by Gasteiger charge is -2.10. The van der Waals surface area contributed by atoms with E-state index in [0.29, 0.717) is 17.5 Å². The van der Waals surface area contributed by atoms with Gasteiger partial charge in [-0.05, 0) is 168 Å². The molecule has 0 aliphatic rings. The van der Waals surface area contributed by atoms with Crippen LogP contribution in [0.3, 0.4) is 0 Å². The number of nitrogens with zero attached hydrogens (tertiary/aromatic N) is 12. The van der Waals surface area contributed by atoms with Crippen LogP contribution < -0.4 is 32.7 Å². The Kier molecular flexibility index (Phi) is 33.8. The van der Waals surface area contributed by atoms with Crippen molar-refractivity contribution in [1.29, 1.82) is 0 Å². The molecular formula is C64H78N16. The minimum atomic E-state index is 0.463. The lowest BCUT2D eigenvalue weighted by Crippen LogP contribution is -2.09. The Balaban J connectivity index is 0.000000305. The zero-order valence-electron chi connectivity index (χ0n) is 47.8. The van der Waals surface area contributed by atoms with Crippen LogP contribution in [0.25, 0.3) is 10.9 Å². The number of hydrogen-bond donors (Lipinski definition) is 4. The maximum Gasteiger partial charge on any atom is 0.127 e. The molecule has 0 unspecified atom stereocenters. The molecule has 16 heteroatoms. The van der Waals surface area contributed by atoms with E-state index in [-0.39, 0.29) is 0 Å². The Morgan fingerprint density at radius 3 is 1.09 bits per heavy atom. The molecule has 0 saturated carbocycles. The normalized spacial score (nSPS) is 9.07. The summed E-state index contributed by atoms with van der Waals surface area (Å²) in [4.78, 5) is 43.6. The van der Waals surface area contributed by atoms with Crippen molar-refractivity contribution in [3.05, 3.63) is 278 Å². The van der Waals surface area contributed by atoms with E-state index in [1.807, 2.05) is 200 Å². The van der Waals surface area contributed by atoms with Crippen molar-refractivity contribution in [2.45, 2.75) is 41.5 Å². The van der Waals surface area contributed by atoms with E-state index in [9.17, 15) is 0 Å². The molecule has 0 amide bonds. The van der Waals surface area contributed by atoms with Gasteiger partial charge in [0.05, 0.1) is 5.52 Å². The number of benzene rings is 1. The highest BCUT2D eigenvalue weighted by atomic mass is 15.1. The Morgan fingerprint density at radius 1 is 0.312 bits per heavy atom. The molecule has 80 heavy (non-hydrogen) atoms. The van der Waals surface area contributed by atoms with Gasteiger partial charge in [-0.1, -0.05) is 60.7 Å². The van der Waals surface area contributed by atoms with Crippen LogP contribution in [0.1, 0.15) is 34.0 Å². The number of anilines is 6. The minimum Gasteiger partial charge on any atom is -0.399 e. The van der Waals surface area contributed by atoms with Gasteiger partial charge >= 0.3 is 0 Å². The van der Waals surface area contributed by atoms with Gasteiger partial charge < -0.3 is 32.7 Å². The largest absolute Gasteiger partial charge is 0.399 e. The Hall–Kier alpha value is -10.2. The van der Waals surface area contributed by atoms with E-state index in [0.717, 1.165) is 45.5 Å². The van der Waals surface area contributed by atoms with Gasteiger partial charge in [0.25, 0.3) is 0 Å².